The highest BCUT2D eigenvalue weighted by Crippen LogP contribution is 2.03. The molecular formula is C14H14N2O3S. The highest BCUT2D eigenvalue weighted by Gasteiger charge is 2.22. The van der Waals surface area contributed by atoms with Crippen molar-refractivity contribution in [1.29, 1.82) is 0 Å². The minimum Gasteiger partial charge on any atom is -0.455 e. The van der Waals surface area contributed by atoms with Crippen LogP contribution in [0.15, 0.2) is 48.1 Å². The SMILES string of the molecule is C=CN=C(C(=O)OCc1ccccc1)N(C=S)C(C)=O. The summed E-state index contributed by atoms with van der Waals surface area (Å²) in [5.74, 6) is -1.39. The Balaban J connectivity index is 2.80. The van der Waals surface area contributed by atoms with Gasteiger partial charge in [0.1, 0.15) is 6.61 Å². The van der Waals surface area contributed by atoms with Crippen LogP contribution in [0.5, 0.6) is 0 Å². The molecule has 0 radical (unpaired) electrons. The Kier molecular flexibility index (Phi) is 6.25. The maximum atomic E-state index is 12.0. The van der Waals surface area contributed by atoms with Gasteiger partial charge in [-0.25, -0.2) is 9.79 Å². The molecule has 0 atom stereocenters. The summed E-state index contributed by atoms with van der Waals surface area (Å²) in [5.41, 5.74) is 1.87. The van der Waals surface area contributed by atoms with Crippen molar-refractivity contribution >= 4 is 35.4 Å². The molecule has 20 heavy (non-hydrogen) atoms. The number of amidine groups is 1. The van der Waals surface area contributed by atoms with E-state index in [0.717, 1.165) is 22.2 Å². The first kappa shape index (κ1) is 15.7. The second-order valence-corrected chi connectivity index (χ2v) is 3.90. The molecular weight excluding hydrogens is 276 g/mol. The van der Waals surface area contributed by atoms with Crippen LogP contribution in [0.3, 0.4) is 0 Å². The number of benzene rings is 1. The van der Waals surface area contributed by atoms with Crippen LogP contribution in [-0.2, 0) is 20.9 Å². The van der Waals surface area contributed by atoms with Crippen molar-refractivity contribution in [3.05, 3.63) is 48.7 Å². The third-order valence-electron chi connectivity index (χ3n) is 2.28. The Morgan fingerprint density at radius 2 is 2.05 bits per heavy atom. The summed E-state index contributed by atoms with van der Waals surface area (Å²) in [6.07, 6.45) is 1.15. The van der Waals surface area contributed by atoms with Gasteiger partial charge < -0.3 is 4.74 Å². The molecule has 1 amide bonds. The predicted molar refractivity (Wildman–Crippen MR) is 80.0 cm³/mol. The number of esters is 1. The van der Waals surface area contributed by atoms with Crippen LogP contribution in [0.1, 0.15) is 12.5 Å². The van der Waals surface area contributed by atoms with E-state index in [0.29, 0.717) is 0 Å². The Morgan fingerprint density at radius 3 is 2.55 bits per heavy atom. The van der Waals surface area contributed by atoms with Crippen molar-refractivity contribution in [2.45, 2.75) is 13.5 Å². The van der Waals surface area contributed by atoms with Crippen LogP contribution in [-0.4, -0.2) is 28.1 Å². The first-order valence-electron chi connectivity index (χ1n) is 5.75. The molecule has 0 spiro atoms. The lowest BCUT2D eigenvalue weighted by molar-refractivity contribution is -0.138. The lowest BCUT2D eigenvalue weighted by Crippen LogP contribution is -2.39. The molecule has 0 heterocycles. The molecule has 0 fully saturated rings. The molecule has 0 bridgehead atoms. The molecule has 0 saturated heterocycles. The zero-order valence-electron chi connectivity index (χ0n) is 11.0. The van der Waals surface area contributed by atoms with Gasteiger partial charge in [0.15, 0.2) is 0 Å². The number of rotatable bonds is 4. The number of hydrogen-bond acceptors (Lipinski definition) is 5. The van der Waals surface area contributed by atoms with E-state index in [-0.39, 0.29) is 12.4 Å². The van der Waals surface area contributed by atoms with Gasteiger partial charge in [-0.05, 0) is 5.56 Å². The van der Waals surface area contributed by atoms with Gasteiger partial charge in [0, 0.05) is 13.1 Å². The minimum atomic E-state index is -0.745. The van der Waals surface area contributed by atoms with Crippen molar-refractivity contribution in [2.75, 3.05) is 0 Å². The molecule has 0 aliphatic heterocycles. The zero-order valence-corrected chi connectivity index (χ0v) is 11.8. The third kappa shape index (κ3) is 4.40. The first-order chi connectivity index (χ1) is 9.60. The first-order valence-corrected chi connectivity index (χ1v) is 6.22. The fraction of sp³-hybridized carbons (Fsp3) is 0.143. The van der Waals surface area contributed by atoms with Gasteiger partial charge >= 0.3 is 5.97 Å². The summed E-state index contributed by atoms with van der Waals surface area (Å²) in [6.45, 7) is 4.75. The number of aliphatic imine (C=N–C) groups is 1. The maximum Gasteiger partial charge on any atom is 0.375 e. The summed E-state index contributed by atoms with van der Waals surface area (Å²) < 4.78 is 5.10. The molecule has 0 saturated carbocycles. The van der Waals surface area contributed by atoms with Gasteiger partial charge in [-0.1, -0.05) is 49.1 Å². The van der Waals surface area contributed by atoms with Crippen molar-refractivity contribution < 1.29 is 14.3 Å². The van der Waals surface area contributed by atoms with E-state index in [4.69, 9.17) is 17.0 Å². The average molecular weight is 290 g/mol. The van der Waals surface area contributed by atoms with E-state index < -0.39 is 11.9 Å². The number of carbonyl (C=O) groups excluding carboxylic acids is 2. The maximum absolute atomic E-state index is 12.0. The van der Waals surface area contributed by atoms with Crippen LogP contribution in [0.2, 0.25) is 0 Å². The highest BCUT2D eigenvalue weighted by molar-refractivity contribution is 7.78. The fourth-order valence-corrected chi connectivity index (χ4v) is 1.61. The Labute approximate surface area is 122 Å². The topological polar surface area (TPSA) is 59.0 Å². The molecule has 0 unspecified atom stereocenters. The fourth-order valence-electron chi connectivity index (χ4n) is 1.36. The number of amides is 1. The average Bonchev–Trinajstić information content (AvgIpc) is 2.45. The van der Waals surface area contributed by atoms with Crippen molar-refractivity contribution in [3.63, 3.8) is 0 Å². The second kappa shape index (κ2) is 7.96. The van der Waals surface area contributed by atoms with Crippen molar-refractivity contribution in [2.24, 2.45) is 4.99 Å². The molecule has 0 aliphatic rings. The van der Waals surface area contributed by atoms with Crippen LogP contribution in [0.25, 0.3) is 0 Å². The smallest absolute Gasteiger partial charge is 0.375 e. The standard InChI is InChI=1S/C14H14N2O3S/c1-3-15-13(16(10-20)11(2)17)14(18)19-9-12-7-5-4-6-8-12/h3-8,10H,1,9H2,2H3. The number of thiocarbonyl (C=S) groups is 1. The Bertz CT molecular complexity index is 541. The van der Waals surface area contributed by atoms with Crippen LogP contribution < -0.4 is 0 Å². The van der Waals surface area contributed by atoms with Crippen molar-refractivity contribution in [3.8, 4) is 0 Å². The van der Waals surface area contributed by atoms with Gasteiger partial charge in [-0.3, -0.25) is 9.69 Å². The normalized spacial score (nSPS) is 10.6. The molecule has 0 N–H and O–H groups in total. The van der Waals surface area contributed by atoms with Gasteiger partial charge in [0.25, 0.3) is 0 Å². The lowest BCUT2D eigenvalue weighted by Gasteiger charge is -2.15. The Hall–Kier alpha value is -2.34. The van der Waals surface area contributed by atoms with E-state index in [9.17, 15) is 9.59 Å². The Morgan fingerprint density at radius 1 is 1.40 bits per heavy atom. The number of ether oxygens (including phenoxy) is 1. The predicted octanol–water partition coefficient (Wildman–Crippen LogP) is 2.08. The summed E-state index contributed by atoms with van der Waals surface area (Å²) in [7, 11) is 0. The highest BCUT2D eigenvalue weighted by atomic mass is 32.1. The molecule has 0 aromatic heterocycles. The van der Waals surface area contributed by atoms with Gasteiger partial charge in [0.05, 0.1) is 5.49 Å². The van der Waals surface area contributed by atoms with Crippen LogP contribution in [0.4, 0.5) is 0 Å². The molecule has 1 aromatic carbocycles. The molecule has 5 nitrogen and oxygen atoms in total. The van der Waals surface area contributed by atoms with E-state index in [1.807, 2.05) is 30.3 Å². The van der Waals surface area contributed by atoms with Gasteiger partial charge in [0.2, 0.25) is 11.7 Å². The van der Waals surface area contributed by atoms with E-state index >= 15 is 0 Å². The summed E-state index contributed by atoms with van der Waals surface area (Å²) in [6, 6.07) is 9.17. The lowest BCUT2D eigenvalue weighted by atomic mass is 10.2. The van der Waals surface area contributed by atoms with Crippen LogP contribution in [0, 0.1) is 0 Å². The second-order valence-electron chi connectivity index (χ2n) is 3.69. The largest absolute Gasteiger partial charge is 0.455 e. The third-order valence-corrected chi connectivity index (χ3v) is 2.49. The molecule has 0 aliphatic carbocycles. The summed E-state index contributed by atoms with van der Waals surface area (Å²) >= 11 is 4.69. The summed E-state index contributed by atoms with van der Waals surface area (Å²) in [5, 5.41) is 0. The quantitative estimate of drug-likeness (QED) is 0.369. The van der Waals surface area contributed by atoms with Gasteiger partial charge in [-0.2, -0.15) is 0 Å². The van der Waals surface area contributed by atoms with E-state index in [2.05, 4.69) is 11.6 Å². The van der Waals surface area contributed by atoms with Gasteiger partial charge in [-0.15, -0.1) is 0 Å². The number of nitrogens with zero attached hydrogens (tertiary/aromatic N) is 2. The van der Waals surface area contributed by atoms with E-state index in [1.165, 1.54) is 6.92 Å². The number of carbonyl (C=O) groups is 2. The molecule has 104 valence electrons. The molecule has 6 heteroatoms. The zero-order chi connectivity index (χ0) is 15.0. The minimum absolute atomic E-state index is 0.0824. The summed E-state index contributed by atoms with van der Waals surface area (Å²) in [4.78, 5) is 28.0. The number of hydrogen-bond donors (Lipinski definition) is 0. The molecule has 1 rings (SSSR count). The van der Waals surface area contributed by atoms with Crippen LogP contribution >= 0.6 is 12.2 Å². The van der Waals surface area contributed by atoms with E-state index in [1.54, 1.807) is 0 Å². The molecule has 1 aromatic rings. The monoisotopic (exact) mass is 290 g/mol. The van der Waals surface area contributed by atoms with Crippen molar-refractivity contribution in [1.82, 2.24) is 4.90 Å².